The minimum Gasteiger partial charge on any atom is -0.480 e. The van der Waals surface area contributed by atoms with Crippen molar-refractivity contribution in [1.82, 2.24) is 10.9 Å². The van der Waals surface area contributed by atoms with E-state index in [1.165, 1.54) is 5.56 Å². The predicted octanol–water partition coefficient (Wildman–Crippen LogP) is 2.59. The highest BCUT2D eigenvalue weighted by molar-refractivity contribution is 5.85. The normalized spacial score (nSPS) is 11.1. The predicted molar refractivity (Wildman–Crippen MR) is 86.9 cm³/mol. The maximum absolute atomic E-state index is 11.1. The van der Waals surface area contributed by atoms with Crippen molar-refractivity contribution in [3.63, 3.8) is 0 Å². The minimum atomic E-state index is -0.835. The van der Waals surface area contributed by atoms with Crippen LogP contribution in [0.3, 0.4) is 0 Å². The fourth-order valence-corrected chi connectivity index (χ4v) is 1.67. The average molecular weight is 323 g/mol. The van der Waals surface area contributed by atoms with Gasteiger partial charge in [0.1, 0.15) is 6.04 Å². The molecule has 20 heavy (non-hydrogen) atoms. The number of halogens is 2. The molecule has 0 aliphatic heterocycles. The van der Waals surface area contributed by atoms with E-state index >= 15 is 0 Å². The van der Waals surface area contributed by atoms with Gasteiger partial charge in [-0.2, -0.15) is 0 Å². The van der Waals surface area contributed by atoms with Crippen LogP contribution in [-0.4, -0.2) is 23.7 Å². The summed E-state index contributed by atoms with van der Waals surface area (Å²) in [6, 6.07) is 7.50. The topological polar surface area (TPSA) is 61.4 Å². The summed E-state index contributed by atoms with van der Waals surface area (Å²) in [5.74, 6) is -0.835. The Balaban J connectivity index is 0. The average Bonchev–Trinajstić information content (AvgIpc) is 2.38. The van der Waals surface area contributed by atoms with Gasteiger partial charge >= 0.3 is 5.97 Å². The second-order valence-electron chi connectivity index (χ2n) is 4.34. The number of hydrogen-bond donors (Lipinski definition) is 3. The first-order valence-electron chi connectivity index (χ1n) is 6.46. The lowest BCUT2D eigenvalue weighted by molar-refractivity contribution is -0.139. The van der Waals surface area contributed by atoms with E-state index in [1.54, 1.807) is 0 Å². The molecule has 1 aromatic rings. The summed E-state index contributed by atoms with van der Waals surface area (Å²) in [4.78, 5) is 11.1. The van der Waals surface area contributed by atoms with Gasteiger partial charge in [-0.05, 0) is 30.4 Å². The summed E-state index contributed by atoms with van der Waals surface area (Å²) < 4.78 is 0. The first kappa shape index (κ1) is 21.5. The Labute approximate surface area is 133 Å². The van der Waals surface area contributed by atoms with Crippen molar-refractivity contribution in [2.45, 2.75) is 39.2 Å². The number of rotatable bonds is 8. The SMILES string of the molecule is CCCNN[C@@H](Cc1ccc(CC)cc1)C(=O)O.Cl.Cl. The summed E-state index contributed by atoms with van der Waals surface area (Å²) in [5.41, 5.74) is 8.08. The van der Waals surface area contributed by atoms with Crippen molar-refractivity contribution in [3.05, 3.63) is 35.4 Å². The molecule has 0 heterocycles. The van der Waals surface area contributed by atoms with E-state index in [2.05, 4.69) is 17.8 Å². The summed E-state index contributed by atoms with van der Waals surface area (Å²) in [6.07, 6.45) is 2.44. The van der Waals surface area contributed by atoms with E-state index < -0.39 is 12.0 Å². The Morgan fingerprint density at radius 2 is 1.70 bits per heavy atom. The maximum Gasteiger partial charge on any atom is 0.322 e. The summed E-state index contributed by atoms with van der Waals surface area (Å²) >= 11 is 0. The van der Waals surface area contributed by atoms with Gasteiger partial charge in [0.05, 0.1) is 0 Å². The molecule has 0 aromatic heterocycles. The molecule has 0 radical (unpaired) electrons. The third-order valence-corrected chi connectivity index (χ3v) is 2.82. The van der Waals surface area contributed by atoms with Crippen LogP contribution in [0.2, 0.25) is 0 Å². The monoisotopic (exact) mass is 322 g/mol. The molecule has 0 spiro atoms. The molecule has 0 fully saturated rings. The molecule has 3 N–H and O–H groups in total. The highest BCUT2D eigenvalue weighted by Crippen LogP contribution is 2.07. The van der Waals surface area contributed by atoms with E-state index in [0.717, 1.165) is 24.9 Å². The van der Waals surface area contributed by atoms with E-state index in [9.17, 15) is 4.79 Å². The molecule has 1 aromatic carbocycles. The number of carboxylic acids is 1. The van der Waals surface area contributed by atoms with Crippen LogP contribution in [0, 0.1) is 0 Å². The van der Waals surface area contributed by atoms with E-state index in [0.29, 0.717) is 6.42 Å². The van der Waals surface area contributed by atoms with Crippen molar-refractivity contribution >= 4 is 30.8 Å². The number of carboxylic acid groups (broad SMARTS) is 1. The molecule has 1 atom stereocenters. The molecule has 6 heteroatoms. The van der Waals surface area contributed by atoms with Gasteiger partial charge < -0.3 is 5.11 Å². The van der Waals surface area contributed by atoms with Gasteiger partial charge in [-0.3, -0.25) is 10.2 Å². The molecule has 116 valence electrons. The zero-order chi connectivity index (χ0) is 13.4. The molecule has 1 rings (SSSR count). The van der Waals surface area contributed by atoms with Crippen molar-refractivity contribution in [3.8, 4) is 0 Å². The lowest BCUT2D eigenvalue weighted by Crippen LogP contribution is -2.47. The van der Waals surface area contributed by atoms with Crippen molar-refractivity contribution in [1.29, 1.82) is 0 Å². The van der Waals surface area contributed by atoms with Crippen LogP contribution in [-0.2, 0) is 17.6 Å². The van der Waals surface area contributed by atoms with E-state index in [1.807, 2.05) is 31.2 Å². The van der Waals surface area contributed by atoms with Gasteiger partial charge in [0, 0.05) is 6.54 Å². The number of aryl methyl sites for hydroxylation is 1. The molecule has 0 unspecified atom stereocenters. The van der Waals surface area contributed by atoms with Gasteiger partial charge in [0.2, 0.25) is 0 Å². The Kier molecular flexibility index (Phi) is 12.9. The summed E-state index contributed by atoms with van der Waals surface area (Å²) in [6.45, 7) is 4.90. The van der Waals surface area contributed by atoms with Crippen LogP contribution in [0.5, 0.6) is 0 Å². The Morgan fingerprint density at radius 1 is 1.15 bits per heavy atom. The number of hydrazine groups is 1. The largest absolute Gasteiger partial charge is 0.480 e. The minimum absolute atomic E-state index is 0. The van der Waals surface area contributed by atoms with Crippen LogP contribution in [0.4, 0.5) is 0 Å². The second-order valence-corrected chi connectivity index (χ2v) is 4.34. The van der Waals surface area contributed by atoms with Crippen LogP contribution in [0.1, 0.15) is 31.4 Å². The number of benzene rings is 1. The fraction of sp³-hybridized carbons (Fsp3) is 0.500. The number of carbonyl (C=O) groups is 1. The first-order valence-corrected chi connectivity index (χ1v) is 6.46. The first-order chi connectivity index (χ1) is 8.67. The number of hydrogen-bond acceptors (Lipinski definition) is 3. The molecule has 0 saturated carbocycles. The van der Waals surface area contributed by atoms with Gasteiger partial charge in [0.25, 0.3) is 0 Å². The molecule has 0 aliphatic carbocycles. The molecule has 4 nitrogen and oxygen atoms in total. The van der Waals surface area contributed by atoms with E-state index in [-0.39, 0.29) is 24.8 Å². The molecular weight excluding hydrogens is 299 g/mol. The highest BCUT2D eigenvalue weighted by Gasteiger charge is 2.16. The van der Waals surface area contributed by atoms with Crippen LogP contribution in [0.25, 0.3) is 0 Å². The molecule has 0 saturated heterocycles. The Hall–Kier alpha value is -0.810. The summed E-state index contributed by atoms with van der Waals surface area (Å²) in [5, 5.41) is 9.13. The Morgan fingerprint density at radius 3 is 2.15 bits per heavy atom. The number of nitrogens with one attached hydrogen (secondary N) is 2. The third-order valence-electron chi connectivity index (χ3n) is 2.82. The molecule has 0 amide bonds. The molecule has 0 aliphatic rings. The Bertz CT molecular complexity index is 372. The maximum atomic E-state index is 11.1. The lowest BCUT2D eigenvalue weighted by Gasteiger charge is -2.15. The third kappa shape index (κ3) is 7.70. The van der Waals surface area contributed by atoms with E-state index in [4.69, 9.17) is 5.11 Å². The van der Waals surface area contributed by atoms with Gasteiger partial charge in [-0.1, -0.05) is 38.1 Å². The van der Waals surface area contributed by atoms with Crippen molar-refractivity contribution in [2.75, 3.05) is 6.54 Å². The van der Waals surface area contributed by atoms with Gasteiger partial charge in [-0.15, -0.1) is 24.8 Å². The van der Waals surface area contributed by atoms with Crippen LogP contribution in [0.15, 0.2) is 24.3 Å². The standard InChI is InChI=1S/C14H22N2O2.2ClH/c1-3-9-15-16-13(14(17)18)10-12-7-5-11(4-2)6-8-12;;/h5-8,13,15-16H,3-4,9-10H2,1-2H3,(H,17,18);2*1H/t13-;;/m0../s1. The van der Waals surface area contributed by atoms with Gasteiger partial charge in [0.15, 0.2) is 0 Å². The van der Waals surface area contributed by atoms with Crippen LogP contribution < -0.4 is 10.9 Å². The number of aliphatic carboxylic acids is 1. The van der Waals surface area contributed by atoms with Crippen molar-refractivity contribution in [2.24, 2.45) is 0 Å². The zero-order valence-corrected chi connectivity index (χ0v) is 13.5. The smallest absolute Gasteiger partial charge is 0.322 e. The lowest BCUT2D eigenvalue weighted by atomic mass is 10.0. The quantitative estimate of drug-likeness (QED) is 0.508. The highest BCUT2D eigenvalue weighted by atomic mass is 35.5. The van der Waals surface area contributed by atoms with Crippen LogP contribution >= 0.6 is 24.8 Å². The van der Waals surface area contributed by atoms with Gasteiger partial charge in [-0.25, -0.2) is 5.43 Å². The second kappa shape index (κ2) is 12.0. The zero-order valence-electron chi connectivity index (χ0n) is 11.9. The van der Waals surface area contributed by atoms with Crippen molar-refractivity contribution < 1.29 is 9.90 Å². The summed E-state index contributed by atoms with van der Waals surface area (Å²) in [7, 11) is 0. The fourth-order valence-electron chi connectivity index (χ4n) is 1.67. The molecule has 0 bridgehead atoms. The molecular formula is C14H24Cl2N2O2.